The van der Waals surface area contributed by atoms with Gasteiger partial charge in [-0.15, -0.1) is 0 Å². The lowest BCUT2D eigenvalue weighted by molar-refractivity contribution is 0.325. The van der Waals surface area contributed by atoms with Crippen LogP contribution in [0.4, 0.5) is 0 Å². The second kappa shape index (κ2) is 3.15. The summed E-state index contributed by atoms with van der Waals surface area (Å²) in [4.78, 5) is 4.12. The number of aliphatic imine (C=N–C) groups is 1. The van der Waals surface area contributed by atoms with E-state index < -0.39 is 0 Å². The molecule has 1 aliphatic heterocycles. The van der Waals surface area contributed by atoms with Crippen LogP contribution in [0.5, 0.6) is 0 Å². The molecule has 0 unspecified atom stereocenters. The maximum Gasteiger partial charge on any atom is 0.283 e. The first-order valence-corrected chi connectivity index (χ1v) is 4.15. The van der Waals surface area contributed by atoms with Crippen molar-refractivity contribution >= 4 is 17.0 Å². The monoisotopic (exact) mass is 181 g/mol. The zero-order chi connectivity index (χ0) is 8.39. The predicted octanol–water partition coefficient (Wildman–Crippen LogP) is 2.35. The molecule has 1 aliphatic rings. The lowest BCUT2D eigenvalue weighted by atomic mass is 10.1. The van der Waals surface area contributed by atoms with Gasteiger partial charge in [-0.25, -0.2) is 4.99 Å². The minimum absolute atomic E-state index is 0.0821. The molecule has 0 bridgehead atoms. The Morgan fingerprint density at radius 1 is 1.33 bits per heavy atom. The first-order chi connectivity index (χ1) is 5.86. The van der Waals surface area contributed by atoms with E-state index in [2.05, 4.69) is 4.99 Å². The van der Waals surface area contributed by atoms with Crippen molar-refractivity contribution in [2.75, 3.05) is 6.61 Å². The van der Waals surface area contributed by atoms with E-state index in [4.69, 9.17) is 16.3 Å². The normalized spacial score (nSPS) is 21.8. The van der Waals surface area contributed by atoms with Gasteiger partial charge in [0.05, 0.1) is 0 Å². The standard InChI is InChI=1S/C9H8ClNO/c10-9-11-8(6-12-9)7-4-2-1-3-5-7/h1-5,8H,6H2/t8-/m0/s1. The van der Waals surface area contributed by atoms with E-state index in [9.17, 15) is 0 Å². The highest BCUT2D eigenvalue weighted by Crippen LogP contribution is 2.23. The van der Waals surface area contributed by atoms with Gasteiger partial charge in [0.25, 0.3) is 5.36 Å². The minimum atomic E-state index is 0.0821. The van der Waals surface area contributed by atoms with Crippen molar-refractivity contribution in [2.24, 2.45) is 4.99 Å². The van der Waals surface area contributed by atoms with Gasteiger partial charge in [-0.2, -0.15) is 0 Å². The zero-order valence-corrected chi connectivity index (χ0v) is 7.16. The lowest BCUT2D eigenvalue weighted by Crippen LogP contribution is -1.96. The van der Waals surface area contributed by atoms with Crippen LogP contribution >= 0.6 is 11.6 Å². The van der Waals surface area contributed by atoms with Crippen molar-refractivity contribution in [1.82, 2.24) is 0 Å². The molecule has 12 heavy (non-hydrogen) atoms. The molecular weight excluding hydrogens is 174 g/mol. The molecule has 1 aromatic carbocycles. The number of benzene rings is 1. The SMILES string of the molecule is ClC1=N[C@H](c2ccccc2)CO1. The average molecular weight is 182 g/mol. The minimum Gasteiger partial charge on any atom is -0.467 e. The van der Waals surface area contributed by atoms with Gasteiger partial charge >= 0.3 is 0 Å². The molecule has 2 nitrogen and oxygen atoms in total. The van der Waals surface area contributed by atoms with Crippen molar-refractivity contribution in [3.63, 3.8) is 0 Å². The third-order valence-electron chi connectivity index (χ3n) is 1.80. The van der Waals surface area contributed by atoms with Crippen molar-refractivity contribution in [1.29, 1.82) is 0 Å². The van der Waals surface area contributed by atoms with Gasteiger partial charge in [0, 0.05) is 0 Å². The van der Waals surface area contributed by atoms with E-state index in [1.54, 1.807) is 0 Å². The second-order valence-electron chi connectivity index (χ2n) is 2.62. The van der Waals surface area contributed by atoms with Gasteiger partial charge in [-0.3, -0.25) is 0 Å². The summed E-state index contributed by atoms with van der Waals surface area (Å²) >= 11 is 5.58. The van der Waals surface area contributed by atoms with Crippen LogP contribution < -0.4 is 0 Å². The highest BCUT2D eigenvalue weighted by atomic mass is 35.5. The Labute approximate surface area is 75.8 Å². The Kier molecular flexibility index (Phi) is 2.00. The first-order valence-electron chi connectivity index (χ1n) is 3.77. The van der Waals surface area contributed by atoms with Gasteiger partial charge in [0.15, 0.2) is 0 Å². The number of hydrogen-bond donors (Lipinski definition) is 0. The van der Waals surface area contributed by atoms with Gasteiger partial charge in [-0.1, -0.05) is 30.3 Å². The van der Waals surface area contributed by atoms with Crippen LogP contribution in [0, 0.1) is 0 Å². The highest BCUT2D eigenvalue weighted by molar-refractivity contribution is 6.63. The van der Waals surface area contributed by atoms with Crippen LogP contribution in [0.25, 0.3) is 0 Å². The third-order valence-corrected chi connectivity index (χ3v) is 2.01. The summed E-state index contributed by atoms with van der Waals surface area (Å²) in [6.45, 7) is 0.558. The van der Waals surface area contributed by atoms with E-state index in [0.29, 0.717) is 6.61 Å². The Bertz CT molecular complexity index is 297. The van der Waals surface area contributed by atoms with Crippen molar-refractivity contribution in [2.45, 2.75) is 6.04 Å². The molecule has 1 heterocycles. The Morgan fingerprint density at radius 2 is 2.08 bits per heavy atom. The van der Waals surface area contributed by atoms with Crippen LogP contribution in [-0.4, -0.2) is 12.0 Å². The number of hydrogen-bond acceptors (Lipinski definition) is 2. The summed E-state index contributed by atoms with van der Waals surface area (Å²) in [5, 5.41) is 0.267. The molecule has 0 aliphatic carbocycles. The van der Waals surface area contributed by atoms with Crippen molar-refractivity contribution in [3.8, 4) is 0 Å². The largest absolute Gasteiger partial charge is 0.467 e. The third kappa shape index (κ3) is 1.43. The average Bonchev–Trinajstić information content (AvgIpc) is 2.54. The van der Waals surface area contributed by atoms with Gasteiger partial charge in [0.1, 0.15) is 12.6 Å². The summed E-state index contributed by atoms with van der Waals surface area (Å²) in [7, 11) is 0. The molecule has 0 saturated carbocycles. The topological polar surface area (TPSA) is 21.6 Å². The highest BCUT2D eigenvalue weighted by Gasteiger charge is 2.18. The Morgan fingerprint density at radius 3 is 2.67 bits per heavy atom. The fourth-order valence-corrected chi connectivity index (χ4v) is 1.37. The Hall–Kier alpha value is -1.02. The first kappa shape index (κ1) is 7.62. The summed E-state index contributed by atoms with van der Waals surface area (Å²) < 4.78 is 5.04. The van der Waals surface area contributed by atoms with E-state index >= 15 is 0 Å². The quantitative estimate of drug-likeness (QED) is 0.652. The summed E-state index contributed by atoms with van der Waals surface area (Å²) in [6, 6.07) is 10.1. The van der Waals surface area contributed by atoms with E-state index in [1.165, 1.54) is 0 Å². The summed E-state index contributed by atoms with van der Waals surface area (Å²) in [5.74, 6) is 0. The van der Waals surface area contributed by atoms with Crippen LogP contribution in [0.2, 0.25) is 0 Å². The second-order valence-corrected chi connectivity index (χ2v) is 2.94. The molecule has 0 fully saturated rings. The number of nitrogens with zero attached hydrogens (tertiary/aromatic N) is 1. The van der Waals surface area contributed by atoms with E-state index in [-0.39, 0.29) is 11.4 Å². The molecular formula is C9H8ClNO. The molecule has 1 aromatic rings. The molecule has 0 aromatic heterocycles. The van der Waals surface area contributed by atoms with E-state index in [0.717, 1.165) is 5.56 Å². The van der Waals surface area contributed by atoms with Gasteiger partial charge in [-0.05, 0) is 17.2 Å². The predicted molar refractivity (Wildman–Crippen MR) is 48.4 cm³/mol. The van der Waals surface area contributed by atoms with Crippen LogP contribution in [0.15, 0.2) is 35.3 Å². The smallest absolute Gasteiger partial charge is 0.283 e. The van der Waals surface area contributed by atoms with Crippen molar-refractivity contribution in [3.05, 3.63) is 35.9 Å². The molecule has 0 saturated heterocycles. The molecule has 0 spiro atoms. The van der Waals surface area contributed by atoms with Crippen LogP contribution in [0.1, 0.15) is 11.6 Å². The maximum absolute atomic E-state index is 5.58. The zero-order valence-electron chi connectivity index (χ0n) is 6.40. The molecule has 3 heteroatoms. The van der Waals surface area contributed by atoms with Gasteiger partial charge < -0.3 is 4.74 Å². The number of rotatable bonds is 1. The molecule has 2 rings (SSSR count). The lowest BCUT2D eigenvalue weighted by Gasteiger charge is -2.03. The van der Waals surface area contributed by atoms with Crippen molar-refractivity contribution < 1.29 is 4.74 Å². The Balaban J connectivity index is 2.22. The molecule has 0 amide bonds. The summed E-state index contributed by atoms with van der Waals surface area (Å²) in [5.41, 5.74) is 1.15. The number of ether oxygens (including phenoxy) is 1. The molecule has 0 radical (unpaired) electrons. The fourth-order valence-electron chi connectivity index (χ4n) is 1.19. The van der Waals surface area contributed by atoms with Gasteiger partial charge in [0.2, 0.25) is 0 Å². The molecule has 62 valence electrons. The van der Waals surface area contributed by atoms with Crippen LogP contribution in [0.3, 0.4) is 0 Å². The fraction of sp³-hybridized carbons (Fsp3) is 0.222. The number of halogens is 1. The summed E-state index contributed by atoms with van der Waals surface area (Å²) in [6.07, 6.45) is 0. The molecule has 1 atom stereocenters. The van der Waals surface area contributed by atoms with Crippen LogP contribution in [-0.2, 0) is 4.74 Å². The van der Waals surface area contributed by atoms with E-state index in [1.807, 2.05) is 30.3 Å². The maximum atomic E-state index is 5.58. The molecule has 0 N–H and O–H groups in total.